The summed E-state index contributed by atoms with van der Waals surface area (Å²) in [6, 6.07) is 2.43. The van der Waals surface area contributed by atoms with Gasteiger partial charge >= 0.3 is 0 Å². The Morgan fingerprint density at radius 3 is 2.62 bits per heavy atom. The van der Waals surface area contributed by atoms with E-state index in [1.54, 1.807) is 0 Å². The molecule has 4 nitrogen and oxygen atoms in total. The summed E-state index contributed by atoms with van der Waals surface area (Å²) in [5.41, 5.74) is 0.387. The van der Waals surface area contributed by atoms with Crippen LogP contribution in [0.4, 0.5) is 4.39 Å². The summed E-state index contributed by atoms with van der Waals surface area (Å²) in [6.45, 7) is 4.03. The summed E-state index contributed by atoms with van der Waals surface area (Å²) in [7, 11) is -2.50. The fraction of sp³-hybridized carbons (Fsp3) is 0.429. The molecule has 0 fully saturated rings. The van der Waals surface area contributed by atoms with Gasteiger partial charge in [-0.3, -0.25) is 0 Å². The van der Waals surface area contributed by atoms with E-state index in [2.05, 4.69) is 11.2 Å². The van der Waals surface area contributed by atoms with Gasteiger partial charge in [0.25, 0.3) is 0 Å². The van der Waals surface area contributed by atoms with E-state index < -0.39 is 15.8 Å². The predicted octanol–water partition coefficient (Wildman–Crippen LogP) is 2.23. The SMILES string of the molecule is C#CCN(C)S(=O)(=O)c1cc(F)c(Cl)c(CNC(C)C)c1. The van der Waals surface area contributed by atoms with Gasteiger partial charge in [-0.05, 0) is 17.7 Å². The van der Waals surface area contributed by atoms with E-state index >= 15 is 0 Å². The molecule has 0 amide bonds. The highest BCUT2D eigenvalue weighted by atomic mass is 35.5. The molecule has 1 aromatic rings. The molecule has 1 rings (SSSR count). The first-order valence-corrected chi connectivity index (χ1v) is 8.13. The maximum Gasteiger partial charge on any atom is 0.243 e. The Balaban J connectivity index is 3.24. The molecule has 0 unspecified atom stereocenters. The first kappa shape index (κ1) is 17.9. The minimum absolute atomic E-state index is 0.0818. The third-order valence-electron chi connectivity index (χ3n) is 2.80. The molecule has 0 saturated heterocycles. The fourth-order valence-electron chi connectivity index (χ4n) is 1.60. The molecule has 7 heteroatoms. The average molecular weight is 333 g/mol. The van der Waals surface area contributed by atoms with Crippen LogP contribution in [0.5, 0.6) is 0 Å². The predicted molar refractivity (Wildman–Crippen MR) is 82.0 cm³/mol. The van der Waals surface area contributed by atoms with Crippen LogP contribution in [0.15, 0.2) is 17.0 Å². The van der Waals surface area contributed by atoms with Gasteiger partial charge in [-0.15, -0.1) is 6.42 Å². The topological polar surface area (TPSA) is 49.4 Å². The highest BCUT2D eigenvalue weighted by Gasteiger charge is 2.23. The van der Waals surface area contributed by atoms with Crippen molar-refractivity contribution in [2.75, 3.05) is 13.6 Å². The number of hydrogen-bond acceptors (Lipinski definition) is 3. The summed E-state index contributed by atoms with van der Waals surface area (Å²) in [5.74, 6) is 1.47. The van der Waals surface area contributed by atoms with E-state index in [1.807, 2.05) is 13.8 Å². The second-order valence-electron chi connectivity index (χ2n) is 4.88. The van der Waals surface area contributed by atoms with Crippen LogP contribution in [-0.4, -0.2) is 32.4 Å². The minimum atomic E-state index is -3.84. The Kier molecular flexibility index (Phi) is 6.17. The quantitative estimate of drug-likeness (QED) is 0.813. The summed E-state index contributed by atoms with van der Waals surface area (Å²) in [5, 5.41) is 2.99. The summed E-state index contributed by atoms with van der Waals surface area (Å²) in [4.78, 5) is -0.164. The van der Waals surface area contributed by atoms with E-state index in [0.29, 0.717) is 5.56 Å². The molecule has 0 atom stereocenters. The molecular formula is C14H18ClFN2O2S. The second-order valence-corrected chi connectivity index (χ2v) is 7.30. The van der Waals surface area contributed by atoms with Crippen molar-refractivity contribution in [1.82, 2.24) is 9.62 Å². The highest BCUT2D eigenvalue weighted by molar-refractivity contribution is 7.89. The van der Waals surface area contributed by atoms with E-state index in [0.717, 1.165) is 10.4 Å². The number of nitrogens with one attached hydrogen (secondary N) is 1. The Bertz CT molecular complexity index is 654. The van der Waals surface area contributed by atoms with Crippen molar-refractivity contribution >= 4 is 21.6 Å². The zero-order valence-electron chi connectivity index (χ0n) is 12.2. The number of terminal acetylenes is 1. The smallest absolute Gasteiger partial charge is 0.243 e. The maximum atomic E-state index is 13.9. The van der Waals surface area contributed by atoms with Crippen molar-refractivity contribution in [1.29, 1.82) is 0 Å². The Morgan fingerprint density at radius 1 is 1.48 bits per heavy atom. The second kappa shape index (κ2) is 7.23. The average Bonchev–Trinajstić information content (AvgIpc) is 2.40. The van der Waals surface area contributed by atoms with Crippen molar-refractivity contribution in [3.63, 3.8) is 0 Å². The Morgan fingerprint density at radius 2 is 2.10 bits per heavy atom. The first-order valence-electron chi connectivity index (χ1n) is 6.31. The summed E-state index contributed by atoms with van der Waals surface area (Å²) in [6.07, 6.45) is 5.11. The van der Waals surface area contributed by atoms with E-state index in [1.165, 1.54) is 13.1 Å². The van der Waals surface area contributed by atoms with Crippen LogP contribution in [-0.2, 0) is 16.6 Å². The van der Waals surface area contributed by atoms with Gasteiger partial charge in [0.1, 0.15) is 5.82 Å². The number of rotatable bonds is 6. The third-order valence-corrected chi connectivity index (χ3v) is 5.00. The van der Waals surface area contributed by atoms with Gasteiger partial charge in [0.15, 0.2) is 0 Å². The number of halogens is 2. The van der Waals surface area contributed by atoms with Crippen LogP contribution in [0.1, 0.15) is 19.4 Å². The van der Waals surface area contributed by atoms with Crippen LogP contribution >= 0.6 is 11.6 Å². The van der Waals surface area contributed by atoms with Gasteiger partial charge in [-0.2, -0.15) is 4.31 Å². The number of hydrogen-bond donors (Lipinski definition) is 1. The fourth-order valence-corrected chi connectivity index (χ4v) is 2.93. The highest BCUT2D eigenvalue weighted by Crippen LogP contribution is 2.26. The van der Waals surface area contributed by atoms with Gasteiger partial charge < -0.3 is 5.32 Å². The zero-order valence-corrected chi connectivity index (χ0v) is 13.7. The Hall–Kier alpha value is -1.13. The van der Waals surface area contributed by atoms with E-state index in [-0.39, 0.29) is 29.0 Å². The molecule has 0 heterocycles. The van der Waals surface area contributed by atoms with Gasteiger partial charge in [-0.1, -0.05) is 31.4 Å². The lowest BCUT2D eigenvalue weighted by Gasteiger charge is -2.16. The van der Waals surface area contributed by atoms with Crippen molar-refractivity contribution in [3.8, 4) is 12.3 Å². The van der Waals surface area contributed by atoms with Gasteiger partial charge in [0, 0.05) is 19.6 Å². The number of benzene rings is 1. The van der Waals surface area contributed by atoms with Crippen molar-refractivity contribution < 1.29 is 12.8 Å². The van der Waals surface area contributed by atoms with Crippen LogP contribution in [0, 0.1) is 18.2 Å². The van der Waals surface area contributed by atoms with Gasteiger partial charge in [-0.25, -0.2) is 12.8 Å². The molecule has 0 spiro atoms. The van der Waals surface area contributed by atoms with Crippen molar-refractivity contribution in [2.24, 2.45) is 0 Å². The third kappa shape index (κ3) is 4.42. The molecule has 0 aliphatic heterocycles. The largest absolute Gasteiger partial charge is 0.310 e. The molecule has 0 aliphatic rings. The molecule has 0 aliphatic carbocycles. The van der Waals surface area contributed by atoms with Crippen molar-refractivity contribution in [3.05, 3.63) is 28.5 Å². The zero-order chi connectivity index (χ0) is 16.2. The normalized spacial score (nSPS) is 11.9. The van der Waals surface area contributed by atoms with E-state index in [9.17, 15) is 12.8 Å². The summed E-state index contributed by atoms with van der Waals surface area (Å²) < 4.78 is 39.4. The monoisotopic (exact) mass is 332 g/mol. The first-order chi connectivity index (χ1) is 9.70. The molecule has 1 N–H and O–H groups in total. The number of nitrogens with zero attached hydrogens (tertiary/aromatic N) is 1. The Labute approximate surface area is 130 Å². The molecule has 0 radical (unpaired) electrons. The van der Waals surface area contributed by atoms with Crippen LogP contribution in [0.2, 0.25) is 5.02 Å². The van der Waals surface area contributed by atoms with Gasteiger partial charge in [0.2, 0.25) is 10.0 Å². The lowest BCUT2D eigenvalue weighted by molar-refractivity contribution is 0.501. The molecular weight excluding hydrogens is 315 g/mol. The molecule has 21 heavy (non-hydrogen) atoms. The molecule has 0 saturated carbocycles. The standard InChI is InChI=1S/C14H18ClFN2O2S/c1-5-6-18(4)21(19,20)12-7-11(9-17-10(2)3)14(15)13(16)8-12/h1,7-8,10,17H,6,9H2,2-4H3. The van der Waals surface area contributed by atoms with Crippen molar-refractivity contribution in [2.45, 2.75) is 31.3 Å². The minimum Gasteiger partial charge on any atom is -0.310 e. The summed E-state index contributed by atoms with van der Waals surface area (Å²) >= 11 is 5.88. The molecule has 0 aromatic heterocycles. The lowest BCUT2D eigenvalue weighted by Crippen LogP contribution is -2.28. The maximum absolute atomic E-state index is 13.9. The molecule has 0 bridgehead atoms. The van der Waals surface area contributed by atoms with Gasteiger partial charge in [0.05, 0.1) is 16.5 Å². The number of sulfonamides is 1. The van der Waals surface area contributed by atoms with E-state index in [4.69, 9.17) is 18.0 Å². The molecule has 116 valence electrons. The molecule has 1 aromatic carbocycles. The van der Waals surface area contributed by atoms with Crippen LogP contribution in [0.25, 0.3) is 0 Å². The lowest BCUT2D eigenvalue weighted by atomic mass is 10.2. The van der Waals surface area contributed by atoms with Crippen LogP contribution in [0.3, 0.4) is 0 Å². The van der Waals surface area contributed by atoms with Crippen LogP contribution < -0.4 is 5.32 Å².